The molecule has 0 radical (unpaired) electrons. The molecule has 19 heavy (non-hydrogen) atoms. The van der Waals surface area contributed by atoms with Crippen LogP contribution in [-0.4, -0.2) is 22.0 Å². The maximum Gasteiger partial charge on any atom is 0.259 e. The summed E-state index contributed by atoms with van der Waals surface area (Å²) in [5.74, 6) is -0.215. The number of aryl methyl sites for hydroxylation is 2. The van der Waals surface area contributed by atoms with E-state index in [9.17, 15) is 9.59 Å². The molecule has 0 spiro atoms. The molecule has 98 valence electrons. The van der Waals surface area contributed by atoms with Crippen molar-refractivity contribution in [2.75, 3.05) is 5.32 Å². The maximum absolute atomic E-state index is 12.2. The smallest absolute Gasteiger partial charge is 0.259 e. The van der Waals surface area contributed by atoms with E-state index < -0.39 is 0 Å². The minimum atomic E-state index is -0.215. The van der Waals surface area contributed by atoms with E-state index in [4.69, 9.17) is 0 Å². The van der Waals surface area contributed by atoms with Crippen LogP contribution in [0.25, 0.3) is 0 Å². The summed E-state index contributed by atoms with van der Waals surface area (Å²) in [5, 5.41) is 7.00. The zero-order valence-electron chi connectivity index (χ0n) is 10.9. The lowest BCUT2D eigenvalue weighted by Crippen LogP contribution is -2.13. The van der Waals surface area contributed by atoms with E-state index in [1.54, 1.807) is 42.2 Å². The molecule has 1 N–H and O–H groups in total. The van der Waals surface area contributed by atoms with Crippen molar-refractivity contribution in [2.45, 2.75) is 13.3 Å². The highest BCUT2D eigenvalue weighted by molar-refractivity contribution is 6.05. The zero-order valence-corrected chi connectivity index (χ0v) is 10.9. The van der Waals surface area contributed by atoms with Gasteiger partial charge >= 0.3 is 0 Å². The summed E-state index contributed by atoms with van der Waals surface area (Å²) in [6.07, 6.45) is 3.13. The van der Waals surface area contributed by atoms with Crippen LogP contribution in [0.1, 0.15) is 33.3 Å². The molecule has 0 bridgehead atoms. The predicted octanol–water partition coefficient (Wildman–Crippen LogP) is 2.05. The van der Waals surface area contributed by atoms with Gasteiger partial charge in [-0.2, -0.15) is 5.10 Å². The van der Waals surface area contributed by atoms with Gasteiger partial charge in [-0.05, 0) is 18.6 Å². The van der Waals surface area contributed by atoms with E-state index >= 15 is 0 Å². The summed E-state index contributed by atoms with van der Waals surface area (Å²) < 4.78 is 1.62. The molecule has 1 heterocycles. The second-order valence-corrected chi connectivity index (χ2v) is 4.21. The van der Waals surface area contributed by atoms with Crippen molar-refractivity contribution in [3.05, 3.63) is 47.3 Å². The van der Waals surface area contributed by atoms with Crippen LogP contribution in [-0.2, 0) is 13.5 Å². The van der Waals surface area contributed by atoms with Crippen LogP contribution >= 0.6 is 0 Å². The Morgan fingerprint density at radius 3 is 2.95 bits per heavy atom. The number of amides is 1. The molecule has 5 heteroatoms. The molecule has 0 atom stereocenters. The molecular weight excluding hydrogens is 242 g/mol. The third-order valence-corrected chi connectivity index (χ3v) is 2.77. The van der Waals surface area contributed by atoms with Crippen molar-refractivity contribution in [3.8, 4) is 0 Å². The van der Waals surface area contributed by atoms with E-state index in [-0.39, 0.29) is 5.91 Å². The third-order valence-electron chi connectivity index (χ3n) is 2.77. The summed E-state index contributed by atoms with van der Waals surface area (Å²) in [6, 6.07) is 6.79. The van der Waals surface area contributed by atoms with Crippen LogP contribution in [0, 0.1) is 0 Å². The first-order valence-electron chi connectivity index (χ1n) is 6.03. The summed E-state index contributed by atoms with van der Waals surface area (Å²) >= 11 is 0. The largest absolute Gasteiger partial charge is 0.322 e. The number of anilines is 1. The zero-order chi connectivity index (χ0) is 13.8. The Labute approximate surface area is 111 Å². The maximum atomic E-state index is 12.2. The number of hydrogen-bond donors (Lipinski definition) is 1. The Kier molecular flexibility index (Phi) is 3.75. The van der Waals surface area contributed by atoms with Gasteiger partial charge in [0, 0.05) is 24.5 Å². The van der Waals surface area contributed by atoms with E-state index in [0.717, 1.165) is 12.0 Å². The highest BCUT2D eigenvalue weighted by Crippen LogP contribution is 2.13. The summed E-state index contributed by atoms with van der Waals surface area (Å²) in [5.41, 5.74) is 2.44. The molecule has 0 aliphatic heterocycles. The molecular formula is C14H15N3O2. The molecule has 0 aliphatic carbocycles. The van der Waals surface area contributed by atoms with Crippen LogP contribution in [0.3, 0.4) is 0 Å². The Bertz CT molecular complexity index is 617. The molecule has 5 nitrogen and oxygen atoms in total. The van der Waals surface area contributed by atoms with Gasteiger partial charge in [-0.3, -0.25) is 14.3 Å². The summed E-state index contributed by atoms with van der Waals surface area (Å²) in [4.78, 5) is 22.8. The molecule has 0 unspecified atom stereocenters. The number of nitrogens with one attached hydrogen (secondary N) is 1. The minimum absolute atomic E-state index is 0.215. The normalized spacial score (nSPS) is 10.2. The van der Waals surface area contributed by atoms with Crippen molar-refractivity contribution in [1.29, 1.82) is 0 Å². The lowest BCUT2D eigenvalue weighted by molar-refractivity contribution is 0.102. The number of aldehydes is 1. The van der Waals surface area contributed by atoms with Gasteiger partial charge < -0.3 is 5.32 Å². The fourth-order valence-corrected chi connectivity index (χ4v) is 1.87. The second-order valence-electron chi connectivity index (χ2n) is 4.21. The second kappa shape index (κ2) is 5.48. The molecule has 0 saturated carbocycles. The SMILES string of the molecule is CCc1nn(C)cc1C(=O)Nc1cccc(C=O)c1. The standard InChI is InChI=1S/C14H15N3O2/c1-3-13-12(8-17(2)16-13)14(19)15-11-6-4-5-10(7-11)9-18/h4-9H,3H2,1-2H3,(H,15,19). The first kappa shape index (κ1) is 13.0. The van der Waals surface area contributed by atoms with Crippen molar-refractivity contribution < 1.29 is 9.59 Å². The van der Waals surface area contributed by atoms with E-state index in [1.165, 1.54) is 0 Å². The van der Waals surface area contributed by atoms with Gasteiger partial charge in [-0.25, -0.2) is 0 Å². The summed E-state index contributed by atoms with van der Waals surface area (Å²) in [6.45, 7) is 1.95. The van der Waals surface area contributed by atoms with Crippen LogP contribution in [0.15, 0.2) is 30.5 Å². The molecule has 0 aliphatic rings. The highest BCUT2D eigenvalue weighted by Gasteiger charge is 2.14. The van der Waals surface area contributed by atoms with E-state index in [0.29, 0.717) is 23.2 Å². The molecule has 1 aromatic heterocycles. The number of carbonyl (C=O) groups excluding carboxylic acids is 2. The highest BCUT2D eigenvalue weighted by atomic mass is 16.1. The number of carbonyl (C=O) groups is 2. The lowest BCUT2D eigenvalue weighted by Gasteiger charge is -2.05. The van der Waals surface area contributed by atoms with Gasteiger partial charge in [0.15, 0.2) is 0 Å². The van der Waals surface area contributed by atoms with Crippen LogP contribution in [0.2, 0.25) is 0 Å². The van der Waals surface area contributed by atoms with Crippen molar-refractivity contribution >= 4 is 17.9 Å². The average molecular weight is 257 g/mol. The minimum Gasteiger partial charge on any atom is -0.322 e. The van der Waals surface area contributed by atoms with Gasteiger partial charge in [0.2, 0.25) is 0 Å². The molecule has 0 saturated heterocycles. The monoisotopic (exact) mass is 257 g/mol. The van der Waals surface area contributed by atoms with Gasteiger partial charge in [0.25, 0.3) is 5.91 Å². The fraction of sp³-hybridized carbons (Fsp3) is 0.214. The Morgan fingerprint density at radius 1 is 1.47 bits per heavy atom. The van der Waals surface area contributed by atoms with Crippen molar-refractivity contribution in [1.82, 2.24) is 9.78 Å². The first-order chi connectivity index (χ1) is 9.13. The molecule has 1 aromatic carbocycles. The van der Waals surface area contributed by atoms with Crippen LogP contribution in [0.4, 0.5) is 5.69 Å². The summed E-state index contributed by atoms with van der Waals surface area (Å²) in [7, 11) is 1.78. The number of nitrogens with zero attached hydrogens (tertiary/aromatic N) is 2. The average Bonchev–Trinajstić information content (AvgIpc) is 2.80. The van der Waals surface area contributed by atoms with Crippen molar-refractivity contribution in [2.24, 2.45) is 7.05 Å². The Balaban J connectivity index is 2.22. The number of rotatable bonds is 4. The Morgan fingerprint density at radius 2 is 2.26 bits per heavy atom. The van der Waals surface area contributed by atoms with Gasteiger partial charge in [0.05, 0.1) is 11.3 Å². The molecule has 1 amide bonds. The van der Waals surface area contributed by atoms with E-state index in [2.05, 4.69) is 10.4 Å². The van der Waals surface area contributed by atoms with Crippen LogP contribution in [0.5, 0.6) is 0 Å². The van der Waals surface area contributed by atoms with Gasteiger partial charge in [-0.1, -0.05) is 19.1 Å². The topological polar surface area (TPSA) is 64.0 Å². The predicted molar refractivity (Wildman–Crippen MR) is 72.4 cm³/mol. The lowest BCUT2D eigenvalue weighted by atomic mass is 10.2. The van der Waals surface area contributed by atoms with Crippen molar-refractivity contribution in [3.63, 3.8) is 0 Å². The third kappa shape index (κ3) is 2.88. The van der Waals surface area contributed by atoms with Gasteiger partial charge in [0.1, 0.15) is 6.29 Å². The molecule has 2 aromatic rings. The van der Waals surface area contributed by atoms with Gasteiger partial charge in [-0.15, -0.1) is 0 Å². The number of hydrogen-bond acceptors (Lipinski definition) is 3. The number of aromatic nitrogens is 2. The fourth-order valence-electron chi connectivity index (χ4n) is 1.87. The van der Waals surface area contributed by atoms with Crippen LogP contribution < -0.4 is 5.32 Å². The Hall–Kier alpha value is -2.43. The van der Waals surface area contributed by atoms with E-state index in [1.807, 2.05) is 6.92 Å². The quantitative estimate of drug-likeness (QED) is 0.852. The molecule has 0 fully saturated rings. The first-order valence-corrected chi connectivity index (χ1v) is 6.03. The number of benzene rings is 1. The molecule has 2 rings (SSSR count).